The number of carbonyl (C=O) groups is 1. The maximum Gasteiger partial charge on any atom is 0.227 e. The lowest BCUT2D eigenvalue weighted by Gasteiger charge is -2.33. The summed E-state index contributed by atoms with van der Waals surface area (Å²) in [6.45, 7) is 3.99. The Hall–Kier alpha value is -3.12. The number of rotatable bonds is 9. The van der Waals surface area contributed by atoms with E-state index in [1.807, 2.05) is 70.2 Å². The summed E-state index contributed by atoms with van der Waals surface area (Å²) in [6, 6.07) is 19.8. The third-order valence-electron chi connectivity index (χ3n) is 6.88. The normalized spacial score (nSPS) is 18.0. The molecule has 1 atom stereocenters. The molecule has 1 aliphatic carbocycles. The summed E-state index contributed by atoms with van der Waals surface area (Å²) in [6.07, 6.45) is 6.04. The van der Waals surface area contributed by atoms with Gasteiger partial charge in [0, 0.05) is 19.1 Å². The predicted octanol–water partition coefficient (Wildman–Crippen LogP) is 5.53. The van der Waals surface area contributed by atoms with E-state index in [0.717, 1.165) is 67.8 Å². The van der Waals surface area contributed by atoms with Gasteiger partial charge in [0.1, 0.15) is 5.75 Å². The highest BCUT2D eigenvalue weighted by atomic mass is 16.5. The molecule has 0 radical (unpaired) electrons. The number of ether oxygens (including phenoxy) is 2. The molecule has 1 aromatic heterocycles. The van der Waals surface area contributed by atoms with Crippen LogP contribution in [-0.2, 0) is 22.5 Å². The van der Waals surface area contributed by atoms with Crippen LogP contribution in [-0.4, -0.2) is 39.8 Å². The highest BCUT2D eigenvalue weighted by molar-refractivity contribution is 5.79. The van der Waals surface area contributed by atoms with Crippen LogP contribution in [0.1, 0.15) is 50.3 Å². The fraction of sp³-hybridized carbons (Fsp3) is 0.429. The van der Waals surface area contributed by atoms with Crippen LogP contribution in [0.4, 0.5) is 0 Å². The van der Waals surface area contributed by atoms with E-state index in [9.17, 15) is 4.79 Å². The van der Waals surface area contributed by atoms with Crippen molar-refractivity contribution in [3.8, 4) is 17.3 Å². The van der Waals surface area contributed by atoms with Gasteiger partial charge in [-0.2, -0.15) is 5.10 Å². The summed E-state index contributed by atoms with van der Waals surface area (Å²) in [5, 5.41) is 4.94. The van der Waals surface area contributed by atoms with Crippen LogP contribution in [0.25, 0.3) is 5.69 Å². The van der Waals surface area contributed by atoms with Crippen molar-refractivity contribution in [3.63, 3.8) is 0 Å². The first kappa shape index (κ1) is 22.7. The molecule has 178 valence electrons. The van der Waals surface area contributed by atoms with Gasteiger partial charge >= 0.3 is 0 Å². The maximum atomic E-state index is 13.5. The predicted molar refractivity (Wildman–Crippen MR) is 131 cm³/mol. The minimum Gasteiger partial charge on any atom is -0.439 e. The molecular weight excluding hydrogens is 426 g/mol. The molecule has 2 fully saturated rings. The van der Waals surface area contributed by atoms with Crippen LogP contribution in [0.3, 0.4) is 0 Å². The van der Waals surface area contributed by atoms with E-state index in [-0.39, 0.29) is 17.9 Å². The largest absolute Gasteiger partial charge is 0.439 e. The Bertz CT molecular complexity index is 1090. The Morgan fingerprint density at radius 3 is 2.41 bits per heavy atom. The maximum absolute atomic E-state index is 13.5. The van der Waals surface area contributed by atoms with Crippen LogP contribution in [0.15, 0.2) is 60.7 Å². The van der Waals surface area contributed by atoms with Crippen LogP contribution < -0.4 is 4.74 Å². The zero-order chi connectivity index (χ0) is 23.3. The molecule has 0 unspecified atom stereocenters. The van der Waals surface area contributed by atoms with Crippen LogP contribution >= 0.6 is 0 Å². The molecule has 2 heterocycles. The smallest absolute Gasteiger partial charge is 0.227 e. The molecule has 3 aromatic rings. The van der Waals surface area contributed by atoms with Gasteiger partial charge in [-0.05, 0) is 56.4 Å². The van der Waals surface area contributed by atoms with Gasteiger partial charge < -0.3 is 14.4 Å². The molecule has 0 N–H and O–H groups in total. The van der Waals surface area contributed by atoms with Gasteiger partial charge in [-0.15, -0.1) is 0 Å². The zero-order valence-corrected chi connectivity index (χ0v) is 19.9. The summed E-state index contributed by atoms with van der Waals surface area (Å²) in [5.74, 6) is 1.79. The van der Waals surface area contributed by atoms with Crippen molar-refractivity contribution in [2.24, 2.45) is 5.92 Å². The van der Waals surface area contributed by atoms with E-state index in [1.54, 1.807) is 0 Å². The van der Waals surface area contributed by atoms with Crippen molar-refractivity contribution in [2.75, 3.05) is 13.2 Å². The van der Waals surface area contributed by atoms with E-state index in [1.165, 1.54) is 0 Å². The monoisotopic (exact) mass is 459 g/mol. The molecule has 1 saturated heterocycles. The van der Waals surface area contributed by atoms with Gasteiger partial charge in [-0.3, -0.25) is 4.79 Å². The van der Waals surface area contributed by atoms with Crippen molar-refractivity contribution in [3.05, 3.63) is 71.9 Å². The SMILES string of the molecule is CCc1nn(-c2ccccc2)c(Oc2ccccc2)c1CN(C[C@@H]1CCCO1)C(=O)C1CCC1. The second-order valence-corrected chi connectivity index (χ2v) is 9.23. The van der Waals surface area contributed by atoms with Crippen LogP contribution in [0.5, 0.6) is 11.6 Å². The molecule has 2 aliphatic rings. The highest BCUT2D eigenvalue weighted by Gasteiger charge is 2.33. The van der Waals surface area contributed by atoms with Gasteiger partial charge in [-0.25, -0.2) is 4.68 Å². The molecule has 1 saturated carbocycles. The first-order valence-electron chi connectivity index (χ1n) is 12.5. The Morgan fingerprint density at radius 2 is 1.79 bits per heavy atom. The number of para-hydroxylation sites is 2. The second-order valence-electron chi connectivity index (χ2n) is 9.23. The molecule has 1 aliphatic heterocycles. The minimum absolute atomic E-state index is 0.108. The molecule has 1 amide bonds. The lowest BCUT2D eigenvalue weighted by atomic mass is 9.84. The molecule has 6 nitrogen and oxygen atoms in total. The fourth-order valence-corrected chi connectivity index (χ4v) is 4.74. The van der Waals surface area contributed by atoms with Gasteiger partial charge in [0.25, 0.3) is 0 Å². The molecular formula is C28H33N3O3. The quantitative estimate of drug-likeness (QED) is 0.422. The van der Waals surface area contributed by atoms with Crippen LogP contribution in [0, 0.1) is 5.92 Å². The van der Waals surface area contributed by atoms with E-state index < -0.39 is 0 Å². The van der Waals surface area contributed by atoms with E-state index in [4.69, 9.17) is 14.6 Å². The van der Waals surface area contributed by atoms with Crippen molar-refractivity contribution in [1.82, 2.24) is 14.7 Å². The summed E-state index contributed by atoms with van der Waals surface area (Å²) in [5.41, 5.74) is 2.86. The van der Waals surface area contributed by atoms with Crippen molar-refractivity contribution in [2.45, 2.75) is 58.1 Å². The molecule has 0 bridgehead atoms. The standard InChI is InChI=1S/C28H33N3O3/c1-2-26-25(20-30(19-24-17-10-18-33-24)27(32)21-11-9-12-21)28(34-23-15-7-4-8-16-23)31(29-26)22-13-5-3-6-14-22/h3-8,13-16,21,24H,2,9-12,17-20H2,1H3/t24-/m0/s1. The van der Waals surface area contributed by atoms with Crippen molar-refractivity contribution >= 4 is 5.91 Å². The number of aryl methyl sites for hydroxylation is 1. The number of aromatic nitrogens is 2. The van der Waals surface area contributed by atoms with Crippen molar-refractivity contribution in [1.29, 1.82) is 0 Å². The van der Waals surface area contributed by atoms with Gasteiger partial charge in [0.15, 0.2) is 0 Å². The Balaban J connectivity index is 1.53. The van der Waals surface area contributed by atoms with Crippen molar-refractivity contribution < 1.29 is 14.3 Å². The molecule has 2 aromatic carbocycles. The van der Waals surface area contributed by atoms with Gasteiger partial charge in [-0.1, -0.05) is 49.7 Å². The number of benzene rings is 2. The molecule has 34 heavy (non-hydrogen) atoms. The third kappa shape index (κ3) is 4.87. The van der Waals surface area contributed by atoms with E-state index >= 15 is 0 Å². The second kappa shape index (κ2) is 10.4. The summed E-state index contributed by atoms with van der Waals surface area (Å²) in [4.78, 5) is 15.5. The average Bonchev–Trinajstić information content (AvgIpc) is 3.47. The molecule has 5 rings (SSSR count). The Kier molecular flexibility index (Phi) is 6.95. The average molecular weight is 460 g/mol. The topological polar surface area (TPSA) is 56.6 Å². The number of nitrogens with zero attached hydrogens (tertiary/aromatic N) is 3. The highest BCUT2D eigenvalue weighted by Crippen LogP contribution is 2.34. The Labute approximate surface area is 201 Å². The fourth-order valence-electron chi connectivity index (χ4n) is 4.74. The van der Waals surface area contributed by atoms with E-state index in [2.05, 4.69) is 6.92 Å². The van der Waals surface area contributed by atoms with Crippen LogP contribution in [0.2, 0.25) is 0 Å². The lowest BCUT2D eigenvalue weighted by molar-refractivity contribution is -0.140. The van der Waals surface area contributed by atoms with Gasteiger partial charge in [0.2, 0.25) is 11.8 Å². The summed E-state index contributed by atoms with van der Waals surface area (Å²) >= 11 is 0. The number of carbonyl (C=O) groups excluding carboxylic acids is 1. The number of hydrogen-bond acceptors (Lipinski definition) is 4. The minimum atomic E-state index is 0.108. The van der Waals surface area contributed by atoms with E-state index in [0.29, 0.717) is 19.0 Å². The Morgan fingerprint density at radius 1 is 1.06 bits per heavy atom. The molecule has 6 heteroatoms. The third-order valence-corrected chi connectivity index (χ3v) is 6.88. The first-order chi connectivity index (χ1) is 16.7. The van der Waals surface area contributed by atoms with Gasteiger partial charge in [0.05, 0.1) is 29.6 Å². The number of amides is 1. The lowest BCUT2D eigenvalue weighted by Crippen LogP contribution is -2.42. The summed E-state index contributed by atoms with van der Waals surface area (Å²) in [7, 11) is 0. The summed E-state index contributed by atoms with van der Waals surface area (Å²) < 4.78 is 14.2. The molecule has 0 spiro atoms. The number of hydrogen-bond donors (Lipinski definition) is 0. The zero-order valence-electron chi connectivity index (χ0n) is 19.9. The first-order valence-corrected chi connectivity index (χ1v) is 12.5.